The molecular formula is C14H18O2. The first-order valence-electron chi connectivity index (χ1n) is 5.96. The number of carbonyl (C=O) groups is 1. The average Bonchev–Trinajstić information content (AvgIpc) is 2.67. The van der Waals surface area contributed by atoms with Crippen molar-refractivity contribution in [3.63, 3.8) is 0 Å². The maximum absolute atomic E-state index is 12.1. The zero-order chi connectivity index (χ0) is 11.6. The van der Waals surface area contributed by atoms with Crippen LogP contribution in [0, 0.1) is 0 Å². The molecule has 86 valence electrons. The highest BCUT2D eigenvalue weighted by Crippen LogP contribution is 2.34. The first kappa shape index (κ1) is 11.3. The Balaban J connectivity index is 2.30. The molecule has 2 nitrogen and oxygen atoms in total. The molecule has 0 aliphatic heterocycles. The summed E-state index contributed by atoms with van der Waals surface area (Å²) in [5.74, 6) is 0.227. The minimum atomic E-state index is -0.576. The lowest BCUT2D eigenvalue weighted by Crippen LogP contribution is -2.42. The smallest absolute Gasteiger partial charge is 0.165 e. The van der Waals surface area contributed by atoms with Crippen molar-refractivity contribution in [1.82, 2.24) is 0 Å². The van der Waals surface area contributed by atoms with Crippen molar-refractivity contribution >= 4 is 5.78 Å². The van der Waals surface area contributed by atoms with Gasteiger partial charge in [0, 0.05) is 25.9 Å². The molecule has 0 spiro atoms. The molecule has 0 saturated carbocycles. The molecule has 0 atom stereocenters. The van der Waals surface area contributed by atoms with Crippen LogP contribution in [-0.4, -0.2) is 18.0 Å². The fourth-order valence-electron chi connectivity index (χ4n) is 2.56. The zero-order valence-electron chi connectivity index (χ0n) is 9.95. The molecule has 0 radical (unpaired) electrons. The molecule has 0 saturated heterocycles. The first-order chi connectivity index (χ1) is 7.72. The molecule has 0 bridgehead atoms. The van der Waals surface area contributed by atoms with E-state index >= 15 is 0 Å². The maximum atomic E-state index is 12.1. The Labute approximate surface area is 96.6 Å². The number of hydrogen-bond donors (Lipinski definition) is 0. The van der Waals surface area contributed by atoms with Gasteiger partial charge in [-0.15, -0.1) is 0 Å². The van der Waals surface area contributed by atoms with Crippen LogP contribution < -0.4 is 0 Å². The van der Waals surface area contributed by atoms with Crippen LogP contribution in [0.4, 0.5) is 0 Å². The van der Waals surface area contributed by atoms with E-state index in [9.17, 15) is 4.79 Å². The number of fused-ring (bicyclic) bond motifs is 1. The summed E-state index contributed by atoms with van der Waals surface area (Å²) in [7, 11) is 0. The summed E-state index contributed by atoms with van der Waals surface area (Å²) in [6, 6.07) is 8.24. The van der Waals surface area contributed by atoms with E-state index in [-0.39, 0.29) is 5.78 Å². The lowest BCUT2D eigenvalue weighted by Gasteiger charge is -2.26. The molecule has 0 aromatic heterocycles. The third kappa shape index (κ3) is 1.78. The van der Waals surface area contributed by atoms with Crippen molar-refractivity contribution in [1.29, 1.82) is 0 Å². The molecule has 2 heteroatoms. The minimum absolute atomic E-state index is 0.227. The van der Waals surface area contributed by atoms with Crippen molar-refractivity contribution in [2.45, 2.75) is 38.7 Å². The van der Waals surface area contributed by atoms with E-state index in [2.05, 4.69) is 12.1 Å². The monoisotopic (exact) mass is 218 g/mol. The Kier molecular flexibility index (Phi) is 3.10. The molecule has 0 amide bonds. The van der Waals surface area contributed by atoms with Crippen molar-refractivity contribution in [2.24, 2.45) is 0 Å². The molecule has 1 aromatic rings. The van der Waals surface area contributed by atoms with Gasteiger partial charge in [-0.25, -0.2) is 0 Å². The first-order valence-corrected chi connectivity index (χ1v) is 5.96. The summed E-state index contributed by atoms with van der Waals surface area (Å²) >= 11 is 0. The van der Waals surface area contributed by atoms with E-state index in [0.717, 1.165) is 12.8 Å². The standard InChI is InChI=1S/C14H18O2/c1-3-13(15)14(16-4-2)9-11-7-5-6-8-12(11)10-14/h5-8H,3-4,9-10H2,1-2H3. The van der Waals surface area contributed by atoms with E-state index in [1.165, 1.54) is 11.1 Å². The van der Waals surface area contributed by atoms with E-state index in [0.29, 0.717) is 13.0 Å². The highest BCUT2D eigenvalue weighted by Gasteiger charge is 2.43. The van der Waals surface area contributed by atoms with E-state index < -0.39 is 5.60 Å². The molecule has 2 rings (SSSR count). The van der Waals surface area contributed by atoms with Crippen LogP contribution in [0.25, 0.3) is 0 Å². The topological polar surface area (TPSA) is 26.3 Å². The van der Waals surface area contributed by atoms with Gasteiger partial charge in [-0.3, -0.25) is 4.79 Å². The molecule has 0 unspecified atom stereocenters. The SMILES string of the molecule is CCOC1(C(=O)CC)Cc2ccccc2C1. The van der Waals surface area contributed by atoms with Crippen LogP contribution in [0.5, 0.6) is 0 Å². The van der Waals surface area contributed by atoms with Gasteiger partial charge in [0.05, 0.1) is 0 Å². The van der Waals surface area contributed by atoms with E-state index in [1.54, 1.807) is 0 Å². The summed E-state index contributed by atoms with van der Waals surface area (Å²) in [6.45, 7) is 4.46. The van der Waals surface area contributed by atoms with Crippen LogP contribution >= 0.6 is 0 Å². The van der Waals surface area contributed by atoms with Crippen LogP contribution in [0.15, 0.2) is 24.3 Å². The van der Waals surface area contributed by atoms with Gasteiger partial charge in [0.15, 0.2) is 5.78 Å². The average molecular weight is 218 g/mol. The normalized spacial score (nSPS) is 17.1. The van der Waals surface area contributed by atoms with Crippen LogP contribution in [0.1, 0.15) is 31.4 Å². The maximum Gasteiger partial charge on any atom is 0.165 e. The van der Waals surface area contributed by atoms with Crippen LogP contribution in [0.3, 0.4) is 0 Å². The molecular weight excluding hydrogens is 200 g/mol. The summed E-state index contributed by atoms with van der Waals surface area (Å²) < 4.78 is 5.78. The Morgan fingerprint density at radius 3 is 2.25 bits per heavy atom. The van der Waals surface area contributed by atoms with Crippen molar-refractivity contribution in [3.05, 3.63) is 35.4 Å². The Hall–Kier alpha value is -1.15. The molecule has 0 N–H and O–H groups in total. The lowest BCUT2D eigenvalue weighted by atomic mass is 9.93. The molecule has 1 aliphatic rings. The molecule has 1 aromatic carbocycles. The number of benzene rings is 1. The summed E-state index contributed by atoms with van der Waals surface area (Å²) in [5, 5.41) is 0. The number of carbonyl (C=O) groups excluding carboxylic acids is 1. The number of ketones is 1. The predicted molar refractivity (Wildman–Crippen MR) is 63.5 cm³/mol. The fraction of sp³-hybridized carbons (Fsp3) is 0.500. The highest BCUT2D eigenvalue weighted by atomic mass is 16.5. The summed E-state index contributed by atoms with van der Waals surface area (Å²) in [5.41, 5.74) is 1.95. The Morgan fingerprint density at radius 2 is 1.81 bits per heavy atom. The zero-order valence-corrected chi connectivity index (χ0v) is 9.95. The second-order valence-electron chi connectivity index (χ2n) is 4.33. The van der Waals surface area contributed by atoms with Gasteiger partial charge >= 0.3 is 0 Å². The van der Waals surface area contributed by atoms with Gasteiger partial charge in [-0.2, -0.15) is 0 Å². The van der Waals surface area contributed by atoms with Gasteiger partial charge in [0.1, 0.15) is 5.60 Å². The lowest BCUT2D eigenvalue weighted by molar-refractivity contribution is -0.142. The largest absolute Gasteiger partial charge is 0.367 e. The van der Waals surface area contributed by atoms with Crippen molar-refractivity contribution in [3.8, 4) is 0 Å². The Bertz CT molecular complexity index is 370. The molecule has 16 heavy (non-hydrogen) atoms. The highest BCUT2D eigenvalue weighted by molar-refractivity contribution is 5.88. The van der Waals surface area contributed by atoms with E-state index in [4.69, 9.17) is 4.74 Å². The fourth-order valence-corrected chi connectivity index (χ4v) is 2.56. The van der Waals surface area contributed by atoms with Gasteiger partial charge in [-0.05, 0) is 18.1 Å². The summed E-state index contributed by atoms with van der Waals surface area (Å²) in [6.07, 6.45) is 2.03. The number of rotatable bonds is 4. The third-order valence-corrected chi connectivity index (χ3v) is 3.32. The number of ether oxygens (including phenoxy) is 1. The molecule has 0 fully saturated rings. The van der Waals surface area contributed by atoms with Crippen molar-refractivity contribution in [2.75, 3.05) is 6.61 Å². The third-order valence-electron chi connectivity index (χ3n) is 3.32. The van der Waals surface area contributed by atoms with Crippen LogP contribution in [-0.2, 0) is 22.4 Å². The Morgan fingerprint density at radius 1 is 1.25 bits per heavy atom. The molecule has 0 heterocycles. The van der Waals surface area contributed by atoms with Gasteiger partial charge < -0.3 is 4.74 Å². The quantitative estimate of drug-likeness (QED) is 0.776. The van der Waals surface area contributed by atoms with Gasteiger partial charge in [0.2, 0.25) is 0 Å². The minimum Gasteiger partial charge on any atom is -0.367 e. The van der Waals surface area contributed by atoms with Crippen molar-refractivity contribution < 1.29 is 9.53 Å². The van der Waals surface area contributed by atoms with E-state index in [1.807, 2.05) is 26.0 Å². The molecule has 1 aliphatic carbocycles. The predicted octanol–water partition coefficient (Wildman–Crippen LogP) is 2.54. The number of hydrogen-bond acceptors (Lipinski definition) is 2. The van der Waals surface area contributed by atoms with Gasteiger partial charge in [-0.1, -0.05) is 31.2 Å². The van der Waals surface area contributed by atoms with Crippen LogP contribution in [0.2, 0.25) is 0 Å². The van der Waals surface area contributed by atoms with Gasteiger partial charge in [0.25, 0.3) is 0 Å². The second kappa shape index (κ2) is 4.38. The summed E-state index contributed by atoms with van der Waals surface area (Å²) in [4.78, 5) is 12.1. The second-order valence-corrected chi connectivity index (χ2v) is 4.33. The number of Topliss-reactive ketones (excluding diaryl/α,β-unsaturated/α-hetero) is 1.